The van der Waals surface area contributed by atoms with Crippen LogP contribution in [-0.4, -0.2) is 27.2 Å². The summed E-state index contributed by atoms with van der Waals surface area (Å²) in [6, 6.07) is 7.74. The van der Waals surface area contributed by atoms with Crippen LogP contribution in [0.3, 0.4) is 0 Å². The second-order valence-corrected chi connectivity index (χ2v) is 6.51. The molecule has 0 aliphatic carbocycles. The van der Waals surface area contributed by atoms with Crippen LogP contribution in [0.25, 0.3) is 0 Å². The average molecular weight is 349 g/mol. The molecule has 2 aromatic rings. The lowest BCUT2D eigenvalue weighted by Crippen LogP contribution is -2.46. The number of hydrogen-bond donors (Lipinski definition) is 2. The van der Waals surface area contributed by atoms with Crippen LogP contribution in [0.15, 0.2) is 33.9 Å². The molecular formula is C17H21ClN4O2. The lowest BCUT2D eigenvalue weighted by Gasteiger charge is -2.34. The Balaban J connectivity index is 2.02. The molecule has 2 heterocycles. The van der Waals surface area contributed by atoms with Crippen molar-refractivity contribution < 1.29 is 0 Å². The van der Waals surface area contributed by atoms with E-state index in [2.05, 4.69) is 29.0 Å². The molecule has 24 heavy (non-hydrogen) atoms. The van der Waals surface area contributed by atoms with E-state index in [1.807, 2.05) is 18.2 Å². The van der Waals surface area contributed by atoms with E-state index in [0.717, 1.165) is 12.0 Å². The molecule has 0 spiro atoms. The Morgan fingerprint density at radius 3 is 2.75 bits per heavy atom. The van der Waals surface area contributed by atoms with Crippen LogP contribution in [0.1, 0.15) is 31.4 Å². The molecule has 1 aromatic carbocycles. The molecule has 1 aliphatic rings. The standard InChI is InChI=1S/C17H21ClN4O2/c1-3-11(2)21-9-13-15(19-10-21)22(17(24)20-16(13)23)8-12-6-4-5-7-14(12)18/h4-7,11,19H,3,8-10H2,1-2H3,(H,20,23,24)/t11-/m0/s1. The van der Waals surface area contributed by atoms with Crippen LogP contribution < -0.4 is 16.6 Å². The molecule has 0 amide bonds. The number of benzene rings is 1. The zero-order valence-corrected chi connectivity index (χ0v) is 14.6. The van der Waals surface area contributed by atoms with Gasteiger partial charge in [-0.05, 0) is 25.0 Å². The van der Waals surface area contributed by atoms with Gasteiger partial charge in [-0.3, -0.25) is 19.2 Å². The number of hydrogen-bond acceptors (Lipinski definition) is 4. The largest absolute Gasteiger partial charge is 0.358 e. The molecule has 0 unspecified atom stereocenters. The molecule has 0 bridgehead atoms. The Kier molecular flexibility index (Phi) is 4.78. The minimum atomic E-state index is -0.428. The molecule has 1 atom stereocenters. The first kappa shape index (κ1) is 16.8. The highest BCUT2D eigenvalue weighted by Gasteiger charge is 2.25. The van der Waals surface area contributed by atoms with E-state index in [9.17, 15) is 9.59 Å². The Labute approximate surface area is 145 Å². The van der Waals surface area contributed by atoms with Gasteiger partial charge in [0.15, 0.2) is 0 Å². The molecule has 0 radical (unpaired) electrons. The zero-order valence-electron chi connectivity index (χ0n) is 13.8. The molecule has 7 heteroatoms. The quantitative estimate of drug-likeness (QED) is 0.889. The van der Waals surface area contributed by atoms with Crippen molar-refractivity contribution in [2.75, 3.05) is 12.0 Å². The van der Waals surface area contributed by atoms with Gasteiger partial charge in [-0.15, -0.1) is 0 Å². The van der Waals surface area contributed by atoms with Crippen molar-refractivity contribution in [3.63, 3.8) is 0 Å². The first-order valence-corrected chi connectivity index (χ1v) is 8.46. The molecule has 1 aromatic heterocycles. The minimum absolute atomic E-state index is 0.313. The first-order chi connectivity index (χ1) is 11.5. The van der Waals surface area contributed by atoms with Crippen LogP contribution in [0, 0.1) is 0 Å². The predicted octanol–water partition coefficient (Wildman–Crippen LogP) is 2.22. The number of H-pyrrole nitrogens is 1. The molecule has 6 nitrogen and oxygen atoms in total. The van der Waals surface area contributed by atoms with E-state index in [1.54, 1.807) is 10.6 Å². The maximum Gasteiger partial charge on any atom is 0.330 e. The summed E-state index contributed by atoms with van der Waals surface area (Å²) in [6.45, 7) is 5.68. The molecule has 0 saturated carbocycles. The van der Waals surface area contributed by atoms with E-state index < -0.39 is 5.69 Å². The summed E-state index contributed by atoms with van der Waals surface area (Å²) in [6.07, 6.45) is 0.994. The highest BCUT2D eigenvalue weighted by molar-refractivity contribution is 6.31. The van der Waals surface area contributed by atoms with Crippen LogP contribution in [-0.2, 0) is 13.1 Å². The number of halogens is 1. The van der Waals surface area contributed by atoms with Gasteiger partial charge in [-0.2, -0.15) is 0 Å². The zero-order chi connectivity index (χ0) is 17.3. The van der Waals surface area contributed by atoms with Gasteiger partial charge in [0.05, 0.1) is 18.8 Å². The molecule has 1 aliphatic heterocycles. The van der Waals surface area contributed by atoms with Crippen molar-refractivity contribution in [2.24, 2.45) is 0 Å². The molecule has 0 saturated heterocycles. The fourth-order valence-corrected chi connectivity index (χ4v) is 3.11. The Morgan fingerprint density at radius 2 is 2.04 bits per heavy atom. The number of nitrogens with one attached hydrogen (secondary N) is 2. The van der Waals surface area contributed by atoms with Gasteiger partial charge >= 0.3 is 5.69 Å². The monoisotopic (exact) mass is 348 g/mol. The first-order valence-electron chi connectivity index (χ1n) is 8.08. The SMILES string of the molecule is CC[C@H](C)N1CNc2c(c(=O)[nH]c(=O)n2Cc2ccccc2Cl)C1. The maximum absolute atomic E-state index is 12.3. The highest BCUT2D eigenvalue weighted by Crippen LogP contribution is 2.22. The summed E-state index contributed by atoms with van der Waals surface area (Å²) < 4.78 is 1.55. The van der Waals surface area contributed by atoms with Crippen LogP contribution in [0.5, 0.6) is 0 Å². The van der Waals surface area contributed by atoms with E-state index in [1.165, 1.54) is 0 Å². The number of nitrogens with zero attached hydrogens (tertiary/aromatic N) is 2. The topological polar surface area (TPSA) is 70.1 Å². The maximum atomic E-state index is 12.3. The summed E-state index contributed by atoms with van der Waals surface area (Å²) in [5.41, 5.74) is 0.670. The lowest BCUT2D eigenvalue weighted by molar-refractivity contribution is 0.200. The summed E-state index contributed by atoms with van der Waals surface area (Å²) in [5.74, 6) is 0.586. The van der Waals surface area contributed by atoms with Gasteiger partial charge in [0.25, 0.3) is 5.56 Å². The summed E-state index contributed by atoms with van der Waals surface area (Å²) in [4.78, 5) is 29.2. The van der Waals surface area contributed by atoms with Gasteiger partial charge in [-0.25, -0.2) is 4.79 Å². The molecule has 2 N–H and O–H groups in total. The van der Waals surface area contributed by atoms with Crippen LogP contribution >= 0.6 is 11.6 Å². The van der Waals surface area contributed by atoms with Gasteiger partial charge in [-0.1, -0.05) is 36.7 Å². The normalized spacial score (nSPS) is 15.6. The van der Waals surface area contributed by atoms with Gasteiger partial charge in [0, 0.05) is 17.6 Å². The van der Waals surface area contributed by atoms with E-state index in [4.69, 9.17) is 11.6 Å². The number of anilines is 1. The second-order valence-electron chi connectivity index (χ2n) is 6.10. The molecular weight excluding hydrogens is 328 g/mol. The third kappa shape index (κ3) is 3.12. The predicted molar refractivity (Wildman–Crippen MR) is 95.7 cm³/mol. The van der Waals surface area contributed by atoms with Crippen molar-refractivity contribution in [1.82, 2.24) is 14.5 Å². The van der Waals surface area contributed by atoms with Gasteiger partial charge in [0.2, 0.25) is 0 Å². The average Bonchev–Trinajstić information content (AvgIpc) is 2.59. The van der Waals surface area contributed by atoms with Crippen molar-refractivity contribution >= 4 is 17.4 Å². The summed E-state index contributed by atoms with van der Waals surface area (Å²) in [7, 11) is 0. The van der Waals surface area contributed by atoms with E-state index in [-0.39, 0.29) is 5.56 Å². The minimum Gasteiger partial charge on any atom is -0.358 e. The number of aromatic amines is 1. The Bertz CT molecular complexity index is 858. The van der Waals surface area contributed by atoms with E-state index >= 15 is 0 Å². The fraction of sp³-hybridized carbons (Fsp3) is 0.412. The van der Waals surface area contributed by atoms with Crippen LogP contribution in [0.2, 0.25) is 5.02 Å². The van der Waals surface area contributed by atoms with Crippen LogP contribution in [0.4, 0.5) is 5.82 Å². The molecule has 0 fully saturated rings. The van der Waals surface area contributed by atoms with Gasteiger partial charge < -0.3 is 5.32 Å². The Morgan fingerprint density at radius 1 is 1.29 bits per heavy atom. The van der Waals surface area contributed by atoms with E-state index in [0.29, 0.717) is 42.2 Å². The third-order valence-electron chi connectivity index (χ3n) is 4.61. The molecule has 3 rings (SSSR count). The summed E-state index contributed by atoms with van der Waals surface area (Å²) >= 11 is 6.21. The fourth-order valence-electron chi connectivity index (χ4n) is 2.91. The second kappa shape index (κ2) is 6.83. The Hall–Kier alpha value is -2.05. The smallest absolute Gasteiger partial charge is 0.330 e. The lowest BCUT2D eigenvalue weighted by atomic mass is 10.1. The van der Waals surface area contributed by atoms with Crippen molar-refractivity contribution in [2.45, 2.75) is 39.4 Å². The third-order valence-corrected chi connectivity index (χ3v) is 4.98. The highest BCUT2D eigenvalue weighted by atomic mass is 35.5. The number of rotatable bonds is 4. The van der Waals surface area contributed by atoms with Crippen molar-refractivity contribution in [1.29, 1.82) is 0 Å². The number of fused-ring (bicyclic) bond motifs is 1. The van der Waals surface area contributed by atoms with Crippen molar-refractivity contribution in [3.05, 3.63) is 61.3 Å². The van der Waals surface area contributed by atoms with Gasteiger partial charge in [0.1, 0.15) is 5.82 Å². The van der Waals surface area contributed by atoms with Crippen molar-refractivity contribution in [3.8, 4) is 0 Å². The molecule has 128 valence electrons. The summed E-state index contributed by atoms with van der Waals surface area (Å²) in [5, 5.41) is 3.84. The number of aromatic nitrogens is 2.